The van der Waals surface area contributed by atoms with Gasteiger partial charge in [-0.3, -0.25) is 0 Å². The van der Waals surface area contributed by atoms with Crippen molar-refractivity contribution in [1.29, 1.82) is 0 Å². The molecule has 0 spiro atoms. The fraction of sp³-hybridized carbons (Fsp3) is 1.00. The second kappa shape index (κ2) is 2.47. The van der Waals surface area contributed by atoms with Crippen LogP contribution in [0, 0.1) is 23.2 Å². The minimum atomic E-state index is 0.646. The summed E-state index contributed by atoms with van der Waals surface area (Å²) in [4.78, 5) is 0. The Labute approximate surface area is 75.9 Å². The largest absolute Gasteiger partial charge is 0.317 e. The van der Waals surface area contributed by atoms with Crippen molar-refractivity contribution < 1.29 is 0 Å². The van der Waals surface area contributed by atoms with Crippen LogP contribution in [0.2, 0.25) is 0 Å². The van der Waals surface area contributed by atoms with Crippen molar-refractivity contribution in [2.75, 3.05) is 7.05 Å². The normalized spacial score (nSPS) is 50.0. The number of rotatable bonds is 1. The van der Waals surface area contributed by atoms with Crippen LogP contribution in [0.1, 0.15) is 33.6 Å². The lowest BCUT2D eigenvalue weighted by molar-refractivity contribution is -0.113. The van der Waals surface area contributed by atoms with Gasteiger partial charge in [0, 0.05) is 6.04 Å². The molecule has 1 N–H and O–H groups in total. The first-order valence-corrected chi connectivity index (χ1v) is 5.24. The van der Waals surface area contributed by atoms with Crippen LogP contribution in [0.25, 0.3) is 0 Å². The van der Waals surface area contributed by atoms with Crippen LogP contribution in [-0.4, -0.2) is 13.1 Å². The topological polar surface area (TPSA) is 12.0 Å². The maximum absolute atomic E-state index is 3.45. The SMILES string of the molecule is CN[C@H]1C[C@@H]2C[C@H]([C@@H]1C)C2(C)C. The molecule has 0 unspecified atom stereocenters. The predicted octanol–water partition coefficient (Wildman–Crippen LogP) is 2.28. The molecule has 3 aliphatic carbocycles. The highest BCUT2D eigenvalue weighted by Gasteiger charge is 2.55. The van der Waals surface area contributed by atoms with Gasteiger partial charge in [0.2, 0.25) is 0 Å². The Morgan fingerprint density at radius 2 is 1.92 bits per heavy atom. The molecular formula is C11H21N. The molecule has 0 aromatic heterocycles. The summed E-state index contributed by atoms with van der Waals surface area (Å²) in [7, 11) is 2.11. The van der Waals surface area contributed by atoms with E-state index >= 15 is 0 Å². The molecule has 0 aliphatic heterocycles. The van der Waals surface area contributed by atoms with Gasteiger partial charge >= 0.3 is 0 Å². The fourth-order valence-electron chi connectivity index (χ4n) is 3.53. The summed E-state index contributed by atoms with van der Waals surface area (Å²) in [5.74, 6) is 2.86. The maximum Gasteiger partial charge on any atom is 0.00953 e. The van der Waals surface area contributed by atoms with Crippen molar-refractivity contribution in [2.45, 2.75) is 39.7 Å². The van der Waals surface area contributed by atoms with E-state index in [1.165, 1.54) is 12.8 Å². The van der Waals surface area contributed by atoms with Gasteiger partial charge in [0.15, 0.2) is 0 Å². The van der Waals surface area contributed by atoms with E-state index in [2.05, 4.69) is 33.1 Å². The highest BCUT2D eigenvalue weighted by molar-refractivity contribution is 5.06. The molecule has 3 aliphatic rings. The summed E-state index contributed by atoms with van der Waals surface area (Å²) >= 11 is 0. The van der Waals surface area contributed by atoms with Crippen molar-refractivity contribution in [3.63, 3.8) is 0 Å². The van der Waals surface area contributed by atoms with Crippen LogP contribution in [0.5, 0.6) is 0 Å². The van der Waals surface area contributed by atoms with E-state index < -0.39 is 0 Å². The Morgan fingerprint density at radius 1 is 1.25 bits per heavy atom. The minimum absolute atomic E-state index is 0.646. The van der Waals surface area contributed by atoms with E-state index in [9.17, 15) is 0 Å². The molecule has 0 aromatic rings. The molecule has 0 aromatic carbocycles. The third-order valence-corrected chi connectivity index (χ3v) is 4.72. The molecule has 1 heteroatoms. The van der Waals surface area contributed by atoms with Crippen LogP contribution in [0.4, 0.5) is 0 Å². The average molecular weight is 167 g/mol. The van der Waals surface area contributed by atoms with Crippen LogP contribution in [0.15, 0.2) is 0 Å². The van der Waals surface area contributed by atoms with E-state index in [0.29, 0.717) is 5.41 Å². The van der Waals surface area contributed by atoms with Gasteiger partial charge in [-0.15, -0.1) is 0 Å². The first kappa shape index (κ1) is 8.55. The summed E-state index contributed by atoms with van der Waals surface area (Å²) in [6, 6.07) is 0.793. The summed E-state index contributed by atoms with van der Waals surface area (Å²) in [6.07, 6.45) is 2.90. The monoisotopic (exact) mass is 167 g/mol. The molecule has 4 atom stereocenters. The van der Waals surface area contributed by atoms with Crippen molar-refractivity contribution in [2.24, 2.45) is 23.2 Å². The molecule has 3 fully saturated rings. The lowest BCUT2D eigenvalue weighted by Gasteiger charge is -2.62. The maximum atomic E-state index is 3.45. The highest BCUT2D eigenvalue weighted by Crippen LogP contribution is 2.61. The summed E-state index contributed by atoms with van der Waals surface area (Å²) in [5.41, 5.74) is 0.646. The predicted molar refractivity (Wildman–Crippen MR) is 52.0 cm³/mol. The Hall–Kier alpha value is -0.0400. The zero-order valence-electron chi connectivity index (χ0n) is 8.72. The summed E-state index contributed by atoms with van der Waals surface area (Å²) in [6.45, 7) is 7.32. The van der Waals surface area contributed by atoms with Gasteiger partial charge < -0.3 is 5.32 Å². The molecule has 12 heavy (non-hydrogen) atoms. The van der Waals surface area contributed by atoms with Crippen LogP contribution >= 0.6 is 0 Å². The molecule has 0 saturated heterocycles. The number of hydrogen-bond donors (Lipinski definition) is 1. The summed E-state index contributed by atoms with van der Waals surface area (Å²) < 4.78 is 0. The summed E-state index contributed by atoms with van der Waals surface area (Å²) in [5, 5.41) is 3.45. The molecular weight excluding hydrogens is 146 g/mol. The number of hydrogen-bond acceptors (Lipinski definition) is 1. The zero-order chi connectivity index (χ0) is 8.93. The average Bonchev–Trinajstić information content (AvgIpc) is 2.03. The van der Waals surface area contributed by atoms with Gasteiger partial charge in [-0.05, 0) is 43.1 Å². The second-order valence-corrected chi connectivity index (χ2v) is 5.35. The third-order valence-electron chi connectivity index (χ3n) is 4.72. The van der Waals surface area contributed by atoms with Crippen molar-refractivity contribution in [3.8, 4) is 0 Å². The Morgan fingerprint density at radius 3 is 2.33 bits per heavy atom. The van der Waals surface area contributed by atoms with Gasteiger partial charge in [0.05, 0.1) is 0 Å². The van der Waals surface area contributed by atoms with Crippen LogP contribution < -0.4 is 5.32 Å². The van der Waals surface area contributed by atoms with Gasteiger partial charge in [-0.1, -0.05) is 20.8 Å². The molecule has 70 valence electrons. The first-order chi connectivity index (χ1) is 5.57. The van der Waals surface area contributed by atoms with E-state index in [4.69, 9.17) is 0 Å². The van der Waals surface area contributed by atoms with Crippen molar-refractivity contribution in [3.05, 3.63) is 0 Å². The van der Waals surface area contributed by atoms with E-state index in [-0.39, 0.29) is 0 Å². The molecule has 3 saturated carbocycles. The molecule has 2 bridgehead atoms. The number of nitrogens with one attached hydrogen (secondary N) is 1. The lowest BCUT2D eigenvalue weighted by atomic mass is 9.45. The van der Waals surface area contributed by atoms with Gasteiger partial charge in [0.1, 0.15) is 0 Å². The van der Waals surface area contributed by atoms with E-state index in [1.807, 2.05) is 0 Å². The van der Waals surface area contributed by atoms with E-state index in [0.717, 1.165) is 23.8 Å². The molecule has 0 radical (unpaired) electrons. The molecule has 0 heterocycles. The molecule has 3 rings (SSSR count). The van der Waals surface area contributed by atoms with Gasteiger partial charge in [-0.2, -0.15) is 0 Å². The Balaban J connectivity index is 2.11. The van der Waals surface area contributed by atoms with Crippen LogP contribution in [-0.2, 0) is 0 Å². The van der Waals surface area contributed by atoms with E-state index in [1.54, 1.807) is 0 Å². The van der Waals surface area contributed by atoms with Gasteiger partial charge in [-0.25, -0.2) is 0 Å². The second-order valence-electron chi connectivity index (χ2n) is 5.35. The molecule has 1 nitrogen and oxygen atoms in total. The first-order valence-electron chi connectivity index (χ1n) is 5.24. The van der Waals surface area contributed by atoms with Crippen LogP contribution in [0.3, 0.4) is 0 Å². The Bertz CT molecular complexity index is 185. The van der Waals surface area contributed by atoms with Gasteiger partial charge in [0.25, 0.3) is 0 Å². The quantitative estimate of drug-likeness (QED) is 0.632. The minimum Gasteiger partial charge on any atom is -0.317 e. The van der Waals surface area contributed by atoms with Crippen molar-refractivity contribution >= 4 is 0 Å². The molecule has 0 amide bonds. The fourth-order valence-corrected chi connectivity index (χ4v) is 3.53. The third kappa shape index (κ3) is 0.891. The smallest absolute Gasteiger partial charge is 0.00953 e. The van der Waals surface area contributed by atoms with Crippen molar-refractivity contribution in [1.82, 2.24) is 5.32 Å². The standard InChI is InChI=1S/C11H21N/c1-7-9-5-8(11(9,2)3)6-10(7)12-4/h7-10,12H,5-6H2,1-4H3/t7-,8-,9+,10-/m0/s1. The number of fused-ring (bicyclic) bond motifs is 2. The Kier molecular flexibility index (Phi) is 1.76. The zero-order valence-corrected chi connectivity index (χ0v) is 8.72. The lowest BCUT2D eigenvalue weighted by Crippen LogP contribution is -2.59. The highest BCUT2D eigenvalue weighted by atomic mass is 14.9.